The summed E-state index contributed by atoms with van der Waals surface area (Å²) < 4.78 is 11.0. The molecule has 2 aliphatic rings. The Morgan fingerprint density at radius 2 is 2.04 bits per heavy atom. The van der Waals surface area contributed by atoms with Gasteiger partial charge >= 0.3 is 0 Å². The maximum atomic E-state index is 5.51. The standard InChI is InChI=1S/C23H31N3O2/c1-2-5-19(6-3-1)15-20-9-12-26(17-20)23(25-16-21-10-14-27-18-21)24-11-8-22-7-4-13-28-22/h1-7,13,20-21H,8-12,14-18H2,(H,24,25). The number of rotatable bonds is 7. The molecule has 0 radical (unpaired) electrons. The van der Waals surface area contributed by atoms with Crippen LogP contribution in [0.2, 0.25) is 0 Å². The highest BCUT2D eigenvalue weighted by atomic mass is 16.5. The quantitative estimate of drug-likeness (QED) is 0.590. The summed E-state index contributed by atoms with van der Waals surface area (Å²) in [5.74, 6) is 3.31. The van der Waals surface area contributed by atoms with E-state index in [0.29, 0.717) is 11.8 Å². The second-order valence-corrected chi connectivity index (χ2v) is 7.94. The molecule has 0 spiro atoms. The Hall–Kier alpha value is -2.27. The lowest BCUT2D eigenvalue weighted by Crippen LogP contribution is -2.41. The minimum atomic E-state index is 0.560. The molecule has 0 saturated carbocycles. The summed E-state index contributed by atoms with van der Waals surface area (Å²) in [5.41, 5.74) is 1.43. The van der Waals surface area contributed by atoms with Crippen LogP contribution in [-0.4, -0.2) is 50.3 Å². The van der Waals surface area contributed by atoms with E-state index in [4.69, 9.17) is 14.1 Å². The third-order valence-corrected chi connectivity index (χ3v) is 5.71. The Balaban J connectivity index is 1.34. The highest BCUT2D eigenvalue weighted by molar-refractivity contribution is 5.80. The van der Waals surface area contributed by atoms with Gasteiger partial charge in [-0.15, -0.1) is 0 Å². The van der Waals surface area contributed by atoms with E-state index in [1.54, 1.807) is 6.26 Å². The summed E-state index contributed by atoms with van der Waals surface area (Å²) in [4.78, 5) is 7.40. The molecule has 2 atom stereocenters. The first-order chi connectivity index (χ1) is 13.9. The lowest BCUT2D eigenvalue weighted by Gasteiger charge is -2.23. The minimum absolute atomic E-state index is 0.560. The second kappa shape index (κ2) is 9.78. The third-order valence-electron chi connectivity index (χ3n) is 5.71. The van der Waals surface area contributed by atoms with E-state index in [1.807, 2.05) is 12.1 Å². The van der Waals surface area contributed by atoms with Crippen LogP contribution in [0.4, 0.5) is 0 Å². The smallest absolute Gasteiger partial charge is 0.193 e. The minimum Gasteiger partial charge on any atom is -0.469 e. The summed E-state index contributed by atoms with van der Waals surface area (Å²) in [5, 5.41) is 3.58. The van der Waals surface area contributed by atoms with Crippen molar-refractivity contribution in [1.29, 1.82) is 0 Å². The van der Waals surface area contributed by atoms with Crippen LogP contribution in [0.25, 0.3) is 0 Å². The fraction of sp³-hybridized carbons (Fsp3) is 0.522. The molecule has 1 N–H and O–H groups in total. The zero-order chi connectivity index (χ0) is 19.0. The van der Waals surface area contributed by atoms with Gasteiger partial charge in [-0.25, -0.2) is 0 Å². The molecule has 3 heterocycles. The zero-order valence-corrected chi connectivity index (χ0v) is 16.6. The molecule has 4 rings (SSSR count). The number of ether oxygens (including phenoxy) is 1. The van der Waals surface area contributed by atoms with Gasteiger partial charge in [0.15, 0.2) is 5.96 Å². The van der Waals surface area contributed by atoms with Gasteiger partial charge in [0.25, 0.3) is 0 Å². The van der Waals surface area contributed by atoms with Crippen LogP contribution in [0.15, 0.2) is 58.1 Å². The zero-order valence-electron chi connectivity index (χ0n) is 16.6. The van der Waals surface area contributed by atoms with E-state index >= 15 is 0 Å². The maximum Gasteiger partial charge on any atom is 0.193 e. The molecule has 2 aromatic rings. The summed E-state index contributed by atoms with van der Waals surface area (Å²) >= 11 is 0. The van der Waals surface area contributed by atoms with E-state index in [9.17, 15) is 0 Å². The Kier molecular flexibility index (Phi) is 6.66. The highest BCUT2D eigenvalue weighted by Gasteiger charge is 2.25. The fourth-order valence-corrected chi connectivity index (χ4v) is 4.10. The largest absolute Gasteiger partial charge is 0.469 e. The normalized spacial score (nSPS) is 22.7. The van der Waals surface area contributed by atoms with E-state index < -0.39 is 0 Å². The van der Waals surface area contributed by atoms with Gasteiger partial charge in [0.05, 0.1) is 12.9 Å². The average molecular weight is 382 g/mol. The van der Waals surface area contributed by atoms with Crippen LogP contribution in [0.5, 0.6) is 0 Å². The van der Waals surface area contributed by atoms with Crippen LogP contribution in [0.1, 0.15) is 24.2 Å². The van der Waals surface area contributed by atoms with Gasteiger partial charge in [0, 0.05) is 45.1 Å². The molecule has 0 aliphatic carbocycles. The number of nitrogens with zero attached hydrogens (tertiary/aromatic N) is 2. The summed E-state index contributed by atoms with van der Waals surface area (Å²) in [7, 11) is 0. The molecule has 150 valence electrons. The van der Waals surface area contributed by atoms with Gasteiger partial charge < -0.3 is 19.4 Å². The molecule has 5 nitrogen and oxygen atoms in total. The van der Waals surface area contributed by atoms with Crippen LogP contribution in [0, 0.1) is 11.8 Å². The number of aliphatic imine (C=N–C) groups is 1. The Bertz CT molecular complexity index is 724. The topological polar surface area (TPSA) is 50.0 Å². The molecular weight excluding hydrogens is 350 g/mol. The van der Waals surface area contributed by atoms with Crippen molar-refractivity contribution in [1.82, 2.24) is 10.2 Å². The van der Waals surface area contributed by atoms with Crippen LogP contribution in [0.3, 0.4) is 0 Å². The summed E-state index contributed by atoms with van der Waals surface area (Å²) in [6, 6.07) is 14.8. The first-order valence-electron chi connectivity index (χ1n) is 10.5. The van der Waals surface area contributed by atoms with Gasteiger partial charge in [-0.1, -0.05) is 30.3 Å². The van der Waals surface area contributed by atoms with E-state index in [-0.39, 0.29) is 0 Å². The fourth-order valence-electron chi connectivity index (χ4n) is 4.10. The van der Waals surface area contributed by atoms with Gasteiger partial charge in [0.2, 0.25) is 0 Å². The van der Waals surface area contributed by atoms with Crippen LogP contribution in [-0.2, 0) is 17.6 Å². The van der Waals surface area contributed by atoms with E-state index in [2.05, 4.69) is 40.5 Å². The molecule has 0 bridgehead atoms. The van der Waals surface area contributed by atoms with Crippen molar-refractivity contribution in [3.8, 4) is 0 Å². The van der Waals surface area contributed by atoms with E-state index in [0.717, 1.165) is 70.4 Å². The van der Waals surface area contributed by atoms with E-state index in [1.165, 1.54) is 12.0 Å². The Morgan fingerprint density at radius 1 is 1.11 bits per heavy atom. The van der Waals surface area contributed by atoms with Crippen LogP contribution >= 0.6 is 0 Å². The maximum absolute atomic E-state index is 5.51. The number of furan rings is 1. The molecule has 0 amide bonds. The molecule has 2 aliphatic heterocycles. The molecule has 28 heavy (non-hydrogen) atoms. The van der Waals surface area contributed by atoms with Crippen molar-refractivity contribution in [2.45, 2.75) is 25.7 Å². The number of hydrogen-bond donors (Lipinski definition) is 1. The van der Waals surface area contributed by atoms with Gasteiger partial charge in [0.1, 0.15) is 5.76 Å². The molecule has 2 unspecified atom stereocenters. The van der Waals surface area contributed by atoms with Gasteiger partial charge in [-0.05, 0) is 42.9 Å². The predicted octanol–water partition coefficient (Wildman–Crippen LogP) is 3.37. The predicted molar refractivity (Wildman–Crippen MR) is 111 cm³/mol. The van der Waals surface area contributed by atoms with Gasteiger partial charge in [-0.2, -0.15) is 0 Å². The lowest BCUT2D eigenvalue weighted by molar-refractivity contribution is 0.187. The lowest BCUT2D eigenvalue weighted by atomic mass is 9.99. The van der Waals surface area contributed by atoms with Crippen LogP contribution < -0.4 is 5.32 Å². The number of hydrogen-bond acceptors (Lipinski definition) is 3. The number of benzene rings is 1. The Labute approximate surface area is 167 Å². The molecular formula is C23H31N3O2. The van der Waals surface area contributed by atoms with Crippen molar-refractivity contribution in [3.63, 3.8) is 0 Å². The Morgan fingerprint density at radius 3 is 2.82 bits per heavy atom. The number of nitrogens with one attached hydrogen (secondary N) is 1. The SMILES string of the molecule is c1ccc(CC2CCN(C(=NCC3CCOC3)NCCc3ccco3)C2)cc1. The third kappa shape index (κ3) is 5.38. The van der Waals surface area contributed by atoms with Crippen molar-refractivity contribution < 1.29 is 9.15 Å². The highest BCUT2D eigenvalue weighted by Crippen LogP contribution is 2.21. The average Bonchev–Trinajstić information content (AvgIpc) is 3.48. The van der Waals surface area contributed by atoms with Crippen molar-refractivity contribution >= 4 is 5.96 Å². The number of likely N-dealkylation sites (tertiary alicyclic amines) is 1. The molecule has 1 aromatic heterocycles. The molecule has 1 aromatic carbocycles. The monoisotopic (exact) mass is 381 g/mol. The van der Waals surface area contributed by atoms with Gasteiger partial charge in [-0.3, -0.25) is 4.99 Å². The first kappa shape index (κ1) is 19.1. The summed E-state index contributed by atoms with van der Waals surface area (Å²) in [6.45, 7) is 5.56. The molecule has 2 saturated heterocycles. The summed E-state index contributed by atoms with van der Waals surface area (Å²) in [6.07, 6.45) is 6.10. The van der Waals surface area contributed by atoms with Crippen molar-refractivity contribution in [3.05, 3.63) is 60.1 Å². The number of guanidine groups is 1. The van der Waals surface area contributed by atoms with Crippen molar-refractivity contribution in [2.75, 3.05) is 39.4 Å². The molecule has 2 fully saturated rings. The second-order valence-electron chi connectivity index (χ2n) is 7.94. The molecule has 5 heteroatoms. The first-order valence-corrected chi connectivity index (χ1v) is 10.5. The van der Waals surface area contributed by atoms with Crippen molar-refractivity contribution in [2.24, 2.45) is 16.8 Å².